The molecular weight excluding hydrogens is 356 g/mol. The lowest BCUT2D eigenvalue weighted by Crippen LogP contribution is -2.41. The van der Waals surface area contributed by atoms with Gasteiger partial charge in [0.2, 0.25) is 5.91 Å². The Kier molecular flexibility index (Phi) is 5.22. The highest BCUT2D eigenvalue weighted by Crippen LogP contribution is 2.32. The van der Waals surface area contributed by atoms with Crippen molar-refractivity contribution in [3.63, 3.8) is 0 Å². The minimum Gasteiger partial charge on any atom is -0.482 e. The van der Waals surface area contributed by atoms with E-state index in [2.05, 4.69) is 12.2 Å². The van der Waals surface area contributed by atoms with Gasteiger partial charge in [-0.05, 0) is 43.9 Å². The SMILES string of the molecule is C[C@@H]1CCCN(C(=O)C[C@@H](C)S(=O)(=O)c2ccc3c(c2)NC(=O)CO3)C1. The largest absolute Gasteiger partial charge is 0.482 e. The van der Waals surface area contributed by atoms with E-state index in [1.807, 2.05) is 0 Å². The molecule has 0 saturated carbocycles. The predicted octanol–water partition coefficient (Wildman–Crippen LogP) is 1.83. The van der Waals surface area contributed by atoms with Gasteiger partial charge in [0.05, 0.1) is 15.8 Å². The van der Waals surface area contributed by atoms with E-state index in [1.54, 1.807) is 11.8 Å². The van der Waals surface area contributed by atoms with Gasteiger partial charge in [0.1, 0.15) is 5.75 Å². The molecule has 0 aliphatic carbocycles. The first-order valence-electron chi connectivity index (χ1n) is 8.85. The van der Waals surface area contributed by atoms with Crippen LogP contribution >= 0.6 is 0 Å². The molecule has 1 N–H and O–H groups in total. The molecule has 3 rings (SSSR count). The number of rotatable bonds is 4. The number of nitrogens with zero attached hydrogens (tertiary/aromatic N) is 1. The van der Waals surface area contributed by atoms with E-state index in [0.717, 1.165) is 12.8 Å². The second-order valence-corrected chi connectivity index (χ2v) is 9.51. The highest BCUT2D eigenvalue weighted by Gasteiger charge is 2.30. The van der Waals surface area contributed by atoms with Crippen LogP contribution in [0.15, 0.2) is 23.1 Å². The Morgan fingerprint density at radius 3 is 2.92 bits per heavy atom. The molecule has 0 unspecified atom stereocenters. The first-order chi connectivity index (χ1) is 12.3. The molecule has 0 aromatic heterocycles. The quantitative estimate of drug-likeness (QED) is 0.860. The lowest BCUT2D eigenvalue weighted by atomic mass is 10.00. The fourth-order valence-electron chi connectivity index (χ4n) is 3.37. The van der Waals surface area contributed by atoms with Crippen molar-refractivity contribution in [2.24, 2.45) is 5.92 Å². The predicted molar refractivity (Wildman–Crippen MR) is 96.8 cm³/mol. The molecule has 1 saturated heterocycles. The van der Waals surface area contributed by atoms with Crippen LogP contribution in [0, 0.1) is 5.92 Å². The molecule has 2 heterocycles. The summed E-state index contributed by atoms with van der Waals surface area (Å²) in [5, 5.41) is 1.76. The summed E-state index contributed by atoms with van der Waals surface area (Å²) in [7, 11) is -3.69. The summed E-state index contributed by atoms with van der Waals surface area (Å²) in [6, 6.07) is 4.38. The maximum Gasteiger partial charge on any atom is 0.262 e. The first-order valence-corrected chi connectivity index (χ1v) is 10.4. The molecule has 2 aliphatic rings. The van der Waals surface area contributed by atoms with Crippen LogP contribution in [0.2, 0.25) is 0 Å². The summed E-state index contributed by atoms with van der Waals surface area (Å²) in [6.07, 6.45) is 2.01. The zero-order valence-electron chi connectivity index (χ0n) is 15.0. The summed E-state index contributed by atoms with van der Waals surface area (Å²) in [5.74, 6) is 0.440. The maximum absolute atomic E-state index is 12.9. The Labute approximate surface area is 153 Å². The molecule has 2 amide bonds. The minimum absolute atomic E-state index is 0.0466. The molecule has 8 heteroatoms. The van der Waals surface area contributed by atoms with E-state index >= 15 is 0 Å². The van der Waals surface area contributed by atoms with Gasteiger partial charge in [0, 0.05) is 19.5 Å². The second kappa shape index (κ2) is 7.26. The van der Waals surface area contributed by atoms with Gasteiger partial charge in [-0.15, -0.1) is 0 Å². The van der Waals surface area contributed by atoms with Crippen molar-refractivity contribution in [3.8, 4) is 5.75 Å². The molecule has 142 valence electrons. The number of benzene rings is 1. The topological polar surface area (TPSA) is 92.8 Å². The van der Waals surface area contributed by atoms with E-state index in [9.17, 15) is 18.0 Å². The second-order valence-electron chi connectivity index (χ2n) is 7.14. The number of sulfone groups is 1. The number of hydrogen-bond donors (Lipinski definition) is 1. The number of anilines is 1. The number of amides is 2. The Morgan fingerprint density at radius 1 is 1.42 bits per heavy atom. The van der Waals surface area contributed by atoms with Gasteiger partial charge in [-0.2, -0.15) is 0 Å². The highest BCUT2D eigenvalue weighted by atomic mass is 32.2. The molecule has 0 bridgehead atoms. The zero-order valence-corrected chi connectivity index (χ0v) is 15.8. The van der Waals surface area contributed by atoms with Crippen LogP contribution in [0.1, 0.15) is 33.1 Å². The van der Waals surface area contributed by atoms with E-state index in [4.69, 9.17) is 4.74 Å². The van der Waals surface area contributed by atoms with Gasteiger partial charge in [0.15, 0.2) is 16.4 Å². The van der Waals surface area contributed by atoms with Crippen LogP contribution in [0.4, 0.5) is 5.69 Å². The molecule has 2 aliphatic heterocycles. The van der Waals surface area contributed by atoms with Crippen molar-refractivity contribution in [2.75, 3.05) is 25.0 Å². The first kappa shape index (κ1) is 18.7. The van der Waals surface area contributed by atoms with Crippen molar-refractivity contribution >= 4 is 27.3 Å². The minimum atomic E-state index is -3.69. The number of likely N-dealkylation sites (tertiary alicyclic amines) is 1. The van der Waals surface area contributed by atoms with Crippen LogP contribution in [-0.2, 0) is 19.4 Å². The molecule has 26 heavy (non-hydrogen) atoms. The average Bonchev–Trinajstić information content (AvgIpc) is 2.60. The summed E-state index contributed by atoms with van der Waals surface area (Å²) in [4.78, 5) is 25.8. The van der Waals surface area contributed by atoms with Crippen molar-refractivity contribution in [1.82, 2.24) is 4.90 Å². The molecule has 1 fully saturated rings. The van der Waals surface area contributed by atoms with E-state index < -0.39 is 15.1 Å². The summed E-state index contributed by atoms with van der Waals surface area (Å²) in [5.41, 5.74) is 0.339. The fraction of sp³-hybridized carbons (Fsp3) is 0.556. The molecule has 0 radical (unpaired) electrons. The smallest absolute Gasteiger partial charge is 0.262 e. The third-order valence-electron chi connectivity index (χ3n) is 4.91. The normalized spacial score (nSPS) is 21.4. The molecule has 2 atom stereocenters. The van der Waals surface area contributed by atoms with Gasteiger partial charge in [-0.25, -0.2) is 8.42 Å². The van der Waals surface area contributed by atoms with Crippen LogP contribution in [0.5, 0.6) is 5.75 Å². The van der Waals surface area contributed by atoms with Crippen LogP contribution in [-0.4, -0.2) is 50.1 Å². The fourth-order valence-corrected chi connectivity index (χ4v) is 4.74. The highest BCUT2D eigenvalue weighted by molar-refractivity contribution is 7.92. The number of nitrogens with one attached hydrogen (secondary N) is 1. The van der Waals surface area contributed by atoms with Crippen molar-refractivity contribution in [3.05, 3.63) is 18.2 Å². The third-order valence-corrected chi connectivity index (χ3v) is 7.05. The maximum atomic E-state index is 12.9. The average molecular weight is 380 g/mol. The number of fused-ring (bicyclic) bond motifs is 1. The lowest BCUT2D eigenvalue weighted by molar-refractivity contribution is -0.132. The summed E-state index contributed by atoms with van der Waals surface area (Å²) < 4.78 is 31.0. The van der Waals surface area contributed by atoms with Crippen LogP contribution < -0.4 is 10.1 Å². The number of carbonyl (C=O) groups is 2. The number of ether oxygens (including phenoxy) is 1. The van der Waals surface area contributed by atoms with E-state index in [-0.39, 0.29) is 29.7 Å². The number of hydrogen-bond acceptors (Lipinski definition) is 5. The molecular formula is C18H24N2O5S. The molecule has 1 aromatic carbocycles. The number of carbonyl (C=O) groups excluding carboxylic acids is 2. The molecule has 0 spiro atoms. The monoisotopic (exact) mass is 380 g/mol. The van der Waals surface area contributed by atoms with Gasteiger partial charge in [0.25, 0.3) is 5.91 Å². The number of piperidine rings is 1. The Balaban J connectivity index is 1.74. The van der Waals surface area contributed by atoms with Gasteiger partial charge >= 0.3 is 0 Å². The Morgan fingerprint density at radius 2 is 2.19 bits per heavy atom. The molecule has 7 nitrogen and oxygen atoms in total. The van der Waals surface area contributed by atoms with Gasteiger partial charge in [-0.3, -0.25) is 9.59 Å². The van der Waals surface area contributed by atoms with Crippen molar-refractivity contribution in [2.45, 2.75) is 43.3 Å². The van der Waals surface area contributed by atoms with Crippen molar-refractivity contribution in [1.29, 1.82) is 0 Å². The van der Waals surface area contributed by atoms with Crippen LogP contribution in [0.25, 0.3) is 0 Å². The molecule has 1 aromatic rings. The lowest BCUT2D eigenvalue weighted by Gasteiger charge is -2.31. The van der Waals surface area contributed by atoms with E-state index in [1.165, 1.54) is 18.2 Å². The standard InChI is InChI=1S/C18H24N2O5S/c1-12-4-3-7-20(10-12)18(22)8-13(2)26(23,24)14-5-6-16-15(9-14)19-17(21)11-25-16/h5-6,9,12-13H,3-4,7-8,10-11H2,1-2H3,(H,19,21)/t12-,13-/m1/s1. The zero-order chi connectivity index (χ0) is 18.9. The summed E-state index contributed by atoms with van der Waals surface area (Å²) >= 11 is 0. The third kappa shape index (κ3) is 3.85. The Hall–Kier alpha value is -2.09. The van der Waals surface area contributed by atoms with Crippen LogP contribution in [0.3, 0.4) is 0 Å². The van der Waals surface area contributed by atoms with Gasteiger partial charge < -0.3 is 15.0 Å². The van der Waals surface area contributed by atoms with Gasteiger partial charge in [-0.1, -0.05) is 6.92 Å². The van der Waals surface area contributed by atoms with Crippen molar-refractivity contribution < 1.29 is 22.7 Å². The van der Waals surface area contributed by atoms with E-state index in [0.29, 0.717) is 30.4 Å². The summed E-state index contributed by atoms with van der Waals surface area (Å²) in [6.45, 7) is 4.95. The Bertz CT molecular complexity index is 821.